The van der Waals surface area contributed by atoms with Crippen molar-refractivity contribution in [3.8, 4) is 11.1 Å². The minimum Gasteiger partial charge on any atom is -0.465 e. The van der Waals surface area contributed by atoms with Gasteiger partial charge in [-0.25, -0.2) is 9.59 Å². The number of aromatic nitrogens is 1. The number of likely N-dealkylation sites (tertiary alicyclic amines) is 1. The Morgan fingerprint density at radius 3 is 2.33 bits per heavy atom. The Kier molecular flexibility index (Phi) is 7.68. The molecule has 1 aliphatic heterocycles. The lowest BCUT2D eigenvalue weighted by Gasteiger charge is -2.32. The van der Waals surface area contributed by atoms with Gasteiger partial charge in [0.15, 0.2) is 0 Å². The maximum absolute atomic E-state index is 12.6. The number of carbonyl (C=O) groups is 3. The lowest BCUT2D eigenvalue weighted by Crippen LogP contribution is -2.44. The van der Waals surface area contributed by atoms with Crippen molar-refractivity contribution in [2.75, 3.05) is 20.2 Å². The SMILES string of the molecule is COC(=O)c1ccc(-c2ccnc(CNC(=O)C3CCN(C(=O)OC(C)(C)C)CC3)c2)cc1. The third kappa shape index (κ3) is 6.78. The molecule has 1 aromatic heterocycles. The molecule has 1 aromatic carbocycles. The molecule has 0 unspecified atom stereocenters. The summed E-state index contributed by atoms with van der Waals surface area (Å²) in [7, 11) is 1.35. The summed E-state index contributed by atoms with van der Waals surface area (Å²) in [5.74, 6) is -0.553. The van der Waals surface area contributed by atoms with Gasteiger partial charge in [0.2, 0.25) is 5.91 Å². The highest BCUT2D eigenvalue weighted by molar-refractivity contribution is 5.90. The van der Waals surface area contributed by atoms with Crippen molar-refractivity contribution in [3.63, 3.8) is 0 Å². The molecule has 3 rings (SSSR count). The minimum atomic E-state index is -0.532. The Labute approximate surface area is 194 Å². The maximum atomic E-state index is 12.6. The van der Waals surface area contributed by atoms with Gasteiger partial charge in [0, 0.05) is 25.2 Å². The number of pyridine rings is 1. The van der Waals surface area contributed by atoms with Gasteiger partial charge in [0.05, 0.1) is 24.9 Å². The second-order valence-electron chi connectivity index (χ2n) is 9.06. The van der Waals surface area contributed by atoms with Crippen LogP contribution < -0.4 is 5.32 Å². The predicted octanol–water partition coefficient (Wildman–Crippen LogP) is 3.80. The van der Waals surface area contributed by atoms with E-state index < -0.39 is 5.60 Å². The summed E-state index contributed by atoms with van der Waals surface area (Å²) in [6.45, 7) is 6.84. The Balaban J connectivity index is 1.52. The number of benzene rings is 1. The number of carbonyl (C=O) groups excluding carboxylic acids is 3. The molecule has 2 amide bonds. The lowest BCUT2D eigenvalue weighted by atomic mass is 9.96. The topological polar surface area (TPSA) is 97.8 Å². The predicted molar refractivity (Wildman–Crippen MR) is 123 cm³/mol. The zero-order valence-corrected chi connectivity index (χ0v) is 19.6. The van der Waals surface area contributed by atoms with Crippen LogP contribution in [-0.2, 0) is 20.8 Å². The monoisotopic (exact) mass is 453 g/mol. The molecule has 0 bridgehead atoms. The second kappa shape index (κ2) is 10.5. The van der Waals surface area contributed by atoms with Crippen LogP contribution in [0.3, 0.4) is 0 Å². The van der Waals surface area contributed by atoms with Gasteiger partial charge in [0.25, 0.3) is 0 Å². The lowest BCUT2D eigenvalue weighted by molar-refractivity contribution is -0.126. The van der Waals surface area contributed by atoms with Crippen molar-refractivity contribution in [1.82, 2.24) is 15.2 Å². The van der Waals surface area contributed by atoms with Gasteiger partial charge in [-0.05, 0) is 69.0 Å². The van der Waals surface area contributed by atoms with Crippen LogP contribution in [0.5, 0.6) is 0 Å². The Morgan fingerprint density at radius 1 is 1.06 bits per heavy atom. The molecule has 176 valence electrons. The molecule has 2 heterocycles. The maximum Gasteiger partial charge on any atom is 0.410 e. The van der Waals surface area contributed by atoms with Gasteiger partial charge in [-0.3, -0.25) is 9.78 Å². The highest BCUT2D eigenvalue weighted by Crippen LogP contribution is 2.22. The second-order valence-corrected chi connectivity index (χ2v) is 9.06. The van der Waals surface area contributed by atoms with Crippen LogP contribution in [0, 0.1) is 5.92 Å². The number of piperidine rings is 1. The van der Waals surface area contributed by atoms with Crippen molar-refractivity contribution in [2.45, 2.75) is 45.8 Å². The van der Waals surface area contributed by atoms with E-state index in [0.717, 1.165) is 16.8 Å². The molecule has 33 heavy (non-hydrogen) atoms. The van der Waals surface area contributed by atoms with E-state index in [0.29, 0.717) is 38.0 Å². The molecule has 0 radical (unpaired) electrons. The van der Waals surface area contributed by atoms with Gasteiger partial charge in [0.1, 0.15) is 5.60 Å². The molecule has 1 saturated heterocycles. The number of nitrogens with one attached hydrogen (secondary N) is 1. The van der Waals surface area contributed by atoms with Gasteiger partial charge < -0.3 is 19.7 Å². The van der Waals surface area contributed by atoms with Crippen LogP contribution in [0.25, 0.3) is 11.1 Å². The fourth-order valence-corrected chi connectivity index (χ4v) is 3.64. The summed E-state index contributed by atoms with van der Waals surface area (Å²) >= 11 is 0. The number of ether oxygens (including phenoxy) is 2. The van der Waals surface area contributed by atoms with Crippen molar-refractivity contribution in [3.05, 3.63) is 53.9 Å². The van der Waals surface area contributed by atoms with Crippen LogP contribution in [0.2, 0.25) is 0 Å². The number of esters is 1. The first-order valence-electron chi connectivity index (χ1n) is 11.1. The highest BCUT2D eigenvalue weighted by Gasteiger charge is 2.29. The highest BCUT2D eigenvalue weighted by atomic mass is 16.6. The van der Waals surface area contributed by atoms with Crippen molar-refractivity contribution in [2.24, 2.45) is 5.92 Å². The summed E-state index contributed by atoms with van der Waals surface area (Å²) in [6, 6.07) is 10.9. The largest absolute Gasteiger partial charge is 0.465 e. The average molecular weight is 454 g/mol. The van der Waals surface area contributed by atoms with Crippen LogP contribution in [0.1, 0.15) is 49.7 Å². The fraction of sp³-hybridized carbons (Fsp3) is 0.440. The molecule has 0 aliphatic carbocycles. The summed E-state index contributed by atoms with van der Waals surface area (Å²) in [5, 5.41) is 2.96. The van der Waals surface area contributed by atoms with Crippen LogP contribution in [0.4, 0.5) is 4.79 Å². The van der Waals surface area contributed by atoms with Crippen LogP contribution in [-0.4, -0.2) is 53.7 Å². The molecular formula is C25H31N3O5. The Bertz CT molecular complexity index is 990. The molecule has 1 N–H and O–H groups in total. The molecule has 8 heteroatoms. The van der Waals surface area contributed by atoms with Crippen molar-refractivity contribution >= 4 is 18.0 Å². The number of hydrogen-bond donors (Lipinski definition) is 1. The van der Waals surface area contributed by atoms with E-state index in [-0.39, 0.29) is 23.9 Å². The minimum absolute atomic E-state index is 0.0338. The normalized spacial score (nSPS) is 14.5. The van der Waals surface area contributed by atoms with Crippen LogP contribution in [0.15, 0.2) is 42.6 Å². The summed E-state index contributed by atoms with van der Waals surface area (Å²) in [6.07, 6.45) is 2.57. The summed E-state index contributed by atoms with van der Waals surface area (Å²) < 4.78 is 10.1. The third-order valence-electron chi connectivity index (χ3n) is 5.42. The third-order valence-corrected chi connectivity index (χ3v) is 5.42. The molecule has 2 aromatic rings. The first-order chi connectivity index (χ1) is 15.7. The number of hydrogen-bond acceptors (Lipinski definition) is 6. The molecule has 0 saturated carbocycles. The van der Waals surface area contributed by atoms with E-state index in [4.69, 9.17) is 9.47 Å². The number of methoxy groups -OCH3 is 1. The fourth-order valence-electron chi connectivity index (χ4n) is 3.64. The Hall–Kier alpha value is -3.42. The van der Waals surface area contributed by atoms with Gasteiger partial charge in [-0.1, -0.05) is 12.1 Å². The average Bonchev–Trinajstić information content (AvgIpc) is 2.81. The van der Waals surface area contributed by atoms with E-state index in [1.807, 2.05) is 45.0 Å². The van der Waals surface area contributed by atoms with E-state index in [1.165, 1.54) is 7.11 Å². The van der Waals surface area contributed by atoms with E-state index in [2.05, 4.69) is 10.3 Å². The van der Waals surface area contributed by atoms with Gasteiger partial charge in [-0.2, -0.15) is 0 Å². The summed E-state index contributed by atoms with van der Waals surface area (Å²) in [5.41, 5.74) is 2.57. The van der Waals surface area contributed by atoms with E-state index in [1.54, 1.807) is 23.2 Å². The molecule has 1 fully saturated rings. The first-order valence-corrected chi connectivity index (χ1v) is 11.1. The molecule has 0 atom stereocenters. The molecule has 8 nitrogen and oxygen atoms in total. The smallest absolute Gasteiger partial charge is 0.410 e. The van der Waals surface area contributed by atoms with E-state index in [9.17, 15) is 14.4 Å². The van der Waals surface area contributed by atoms with Crippen molar-refractivity contribution < 1.29 is 23.9 Å². The Morgan fingerprint density at radius 2 is 1.73 bits per heavy atom. The van der Waals surface area contributed by atoms with Crippen LogP contribution >= 0.6 is 0 Å². The zero-order valence-electron chi connectivity index (χ0n) is 19.6. The van der Waals surface area contributed by atoms with Gasteiger partial charge >= 0.3 is 12.1 Å². The van der Waals surface area contributed by atoms with E-state index >= 15 is 0 Å². The summed E-state index contributed by atoms with van der Waals surface area (Å²) in [4.78, 5) is 42.4. The first kappa shape index (κ1) is 24.2. The molecule has 0 spiro atoms. The number of rotatable bonds is 5. The standard InChI is InChI=1S/C25H31N3O5/c1-25(2,3)33-24(31)28-13-10-18(11-14-28)22(29)27-16-21-15-20(9-12-26-21)17-5-7-19(8-6-17)23(30)32-4/h5-9,12,15,18H,10-11,13-14,16H2,1-4H3,(H,27,29). The molecular weight excluding hydrogens is 422 g/mol. The van der Waals surface area contributed by atoms with Gasteiger partial charge in [-0.15, -0.1) is 0 Å². The quantitative estimate of drug-likeness (QED) is 0.692. The molecule has 1 aliphatic rings. The number of nitrogens with zero attached hydrogens (tertiary/aromatic N) is 2. The number of amides is 2. The zero-order chi connectivity index (χ0) is 24.0. The van der Waals surface area contributed by atoms with Crippen molar-refractivity contribution in [1.29, 1.82) is 0 Å².